The molecule has 1 rings (SSSR count). The molecule has 0 saturated carbocycles. The van der Waals surface area contributed by atoms with Gasteiger partial charge in [-0.1, -0.05) is 13.8 Å². The lowest BCUT2D eigenvalue weighted by Gasteiger charge is -2.10. The summed E-state index contributed by atoms with van der Waals surface area (Å²) in [7, 11) is -2.32. The molecule has 1 aromatic heterocycles. The van der Waals surface area contributed by atoms with Crippen LogP contribution in [0.4, 0.5) is 0 Å². The SMILES string of the molecule is COCC(O)CNS(=O)(=O)c1ccc(CNCC(C)C)o1. The number of rotatable bonds is 10. The van der Waals surface area contributed by atoms with E-state index < -0.39 is 16.1 Å². The van der Waals surface area contributed by atoms with Gasteiger partial charge in [0.2, 0.25) is 5.09 Å². The average molecular weight is 320 g/mol. The fourth-order valence-electron chi connectivity index (χ4n) is 1.61. The molecule has 0 aliphatic heterocycles. The molecule has 0 fully saturated rings. The van der Waals surface area contributed by atoms with Crippen molar-refractivity contribution in [2.45, 2.75) is 31.6 Å². The van der Waals surface area contributed by atoms with E-state index in [0.29, 0.717) is 18.2 Å². The second-order valence-electron chi connectivity index (χ2n) is 5.21. The van der Waals surface area contributed by atoms with Crippen molar-refractivity contribution >= 4 is 10.0 Å². The monoisotopic (exact) mass is 320 g/mol. The van der Waals surface area contributed by atoms with Crippen molar-refractivity contribution < 1.29 is 22.7 Å². The molecule has 0 aliphatic carbocycles. The molecular weight excluding hydrogens is 296 g/mol. The molecule has 0 bridgehead atoms. The van der Waals surface area contributed by atoms with E-state index in [4.69, 9.17) is 9.15 Å². The zero-order valence-electron chi connectivity index (χ0n) is 12.6. The van der Waals surface area contributed by atoms with Gasteiger partial charge in [0, 0.05) is 13.7 Å². The van der Waals surface area contributed by atoms with Gasteiger partial charge in [-0.25, -0.2) is 13.1 Å². The molecule has 7 nitrogen and oxygen atoms in total. The van der Waals surface area contributed by atoms with Gasteiger partial charge in [-0.15, -0.1) is 0 Å². The molecule has 1 atom stereocenters. The van der Waals surface area contributed by atoms with Crippen LogP contribution in [0, 0.1) is 5.92 Å². The molecule has 0 amide bonds. The first-order valence-corrected chi connectivity index (χ1v) is 8.29. The molecule has 0 spiro atoms. The lowest BCUT2D eigenvalue weighted by atomic mass is 10.2. The van der Waals surface area contributed by atoms with Gasteiger partial charge in [0.1, 0.15) is 5.76 Å². The van der Waals surface area contributed by atoms with Gasteiger partial charge in [-0.05, 0) is 24.6 Å². The summed E-state index contributed by atoms with van der Waals surface area (Å²) in [5, 5.41) is 12.4. The third kappa shape index (κ3) is 6.58. The molecule has 122 valence electrons. The van der Waals surface area contributed by atoms with Crippen molar-refractivity contribution in [3.63, 3.8) is 0 Å². The Balaban J connectivity index is 2.53. The fourth-order valence-corrected chi connectivity index (χ4v) is 2.63. The Labute approximate surface area is 125 Å². The van der Waals surface area contributed by atoms with Crippen molar-refractivity contribution in [2.75, 3.05) is 26.8 Å². The van der Waals surface area contributed by atoms with Crippen LogP contribution in [0.3, 0.4) is 0 Å². The standard InChI is InChI=1S/C13H24N2O5S/c1-10(2)6-14-8-12-4-5-13(20-12)21(17,18)15-7-11(16)9-19-3/h4-5,10-11,14-16H,6-9H2,1-3H3. The Morgan fingerprint density at radius 2 is 2.05 bits per heavy atom. The normalized spacial score (nSPS) is 13.8. The predicted octanol–water partition coefficient (Wildman–Crippen LogP) is 0.311. The maximum absolute atomic E-state index is 12.0. The number of furan rings is 1. The molecule has 1 aromatic rings. The van der Waals surface area contributed by atoms with E-state index in [2.05, 4.69) is 23.9 Å². The van der Waals surface area contributed by atoms with Crippen LogP contribution in [0.2, 0.25) is 0 Å². The van der Waals surface area contributed by atoms with Gasteiger partial charge in [-0.2, -0.15) is 0 Å². The highest BCUT2D eigenvalue weighted by atomic mass is 32.2. The summed E-state index contributed by atoms with van der Waals surface area (Å²) in [6.45, 7) is 5.40. The number of ether oxygens (including phenoxy) is 1. The van der Waals surface area contributed by atoms with E-state index in [9.17, 15) is 13.5 Å². The van der Waals surface area contributed by atoms with E-state index >= 15 is 0 Å². The summed E-state index contributed by atoms with van der Waals surface area (Å²) in [4.78, 5) is 0. The minimum atomic E-state index is -3.75. The summed E-state index contributed by atoms with van der Waals surface area (Å²) in [6, 6.07) is 3.02. The number of hydrogen-bond acceptors (Lipinski definition) is 6. The summed E-state index contributed by atoms with van der Waals surface area (Å²) in [5.41, 5.74) is 0. The molecule has 21 heavy (non-hydrogen) atoms. The molecule has 3 N–H and O–H groups in total. The molecule has 0 radical (unpaired) electrons. The Kier molecular flexibility index (Phi) is 7.33. The van der Waals surface area contributed by atoms with Gasteiger partial charge >= 0.3 is 0 Å². The largest absolute Gasteiger partial charge is 0.447 e. The molecule has 1 unspecified atom stereocenters. The highest BCUT2D eigenvalue weighted by Gasteiger charge is 2.19. The molecular formula is C13H24N2O5S. The quantitative estimate of drug-likeness (QED) is 0.574. The van der Waals surface area contributed by atoms with Crippen LogP contribution in [-0.4, -0.2) is 46.4 Å². The van der Waals surface area contributed by atoms with E-state index in [1.807, 2.05) is 0 Å². The van der Waals surface area contributed by atoms with Crippen LogP contribution >= 0.6 is 0 Å². The van der Waals surface area contributed by atoms with E-state index in [1.54, 1.807) is 6.07 Å². The number of sulfonamides is 1. The highest BCUT2D eigenvalue weighted by molar-refractivity contribution is 7.89. The van der Waals surface area contributed by atoms with Crippen molar-refractivity contribution in [3.8, 4) is 0 Å². The average Bonchev–Trinajstić information content (AvgIpc) is 2.86. The van der Waals surface area contributed by atoms with Crippen molar-refractivity contribution in [2.24, 2.45) is 5.92 Å². The maximum atomic E-state index is 12.0. The van der Waals surface area contributed by atoms with Crippen LogP contribution < -0.4 is 10.0 Å². The summed E-state index contributed by atoms with van der Waals surface area (Å²) in [6.07, 6.45) is -0.896. The lowest BCUT2D eigenvalue weighted by Crippen LogP contribution is -2.34. The Bertz CT molecular complexity index is 512. The van der Waals surface area contributed by atoms with E-state index in [1.165, 1.54) is 13.2 Å². The van der Waals surface area contributed by atoms with E-state index in [-0.39, 0.29) is 18.2 Å². The van der Waals surface area contributed by atoms with Gasteiger partial charge in [-0.3, -0.25) is 0 Å². The lowest BCUT2D eigenvalue weighted by molar-refractivity contribution is 0.0678. The fraction of sp³-hybridized carbons (Fsp3) is 0.692. The van der Waals surface area contributed by atoms with Gasteiger partial charge in [0.15, 0.2) is 0 Å². The molecule has 0 aromatic carbocycles. The Morgan fingerprint density at radius 1 is 1.33 bits per heavy atom. The van der Waals surface area contributed by atoms with Crippen LogP contribution in [0.1, 0.15) is 19.6 Å². The zero-order chi connectivity index (χ0) is 15.9. The second kappa shape index (κ2) is 8.50. The minimum Gasteiger partial charge on any atom is -0.447 e. The topological polar surface area (TPSA) is 101 Å². The highest BCUT2D eigenvalue weighted by Crippen LogP contribution is 2.13. The first-order valence-electron chi connectivity index (χ1n) is 6.81. The Morgan fingerprint density at radius 3 is 2.67 bits per heavy atom. The van der Waals surface area contributed by atoms with Crippen LogP contribution in [0.5, 0.6) is 0 Å². The first kappa shape index (κ1) is 18.1. The summed E-state index contributed by atoms with van der Waals surface area (Å²) < 4.78 is 36.2. The van der Waals surface area contributed by atoms with Crippen LogP contribution in [0.15, 0.2) is 21.6 Å². The predicted molar refractivity (Wildman–Crippen MR) is 78.3 cm³/mol. The number of nitrogens with one attached hydrogen (secondary N) is 2. The summed E-state index contributed by atoms with van der Waals surface area (Å²) >= 11 is 0. The molecule has 8 heteroatoms. The number of hydrogen-bond donors (Lipinski definition) is 3. The van der Waals surface area contributed by atoms with Gasteiger partial charge in [0.05, 0.1) is 19.3 Å². The van der Waals surface area contributed by atoms with Crippen LogP contribution in [-0.2, 0) is 21.3 Å². The van der Waals surface area contributed by atoms with Crippen molar-refractivity contribution in [3.05, 3.63) is 17.9 Å². The smallest absolute Gasteiger partial charge is 0.274 e. The third-order valence-electron chi connectivity index (χ3n) is 2.62. The maximum Gasteiger partial charge on any atom is 0.274 e. The Hall–Kier alpha value is -0.930. The van der Waals surface area contributed by atoms with Crippen molar-refractivity contribution in [1.82, 2.24) is 10.0 Å². The molecule has 1 heterocycles. The number of aliphatic hydroxyl groups excluding tert-OH is 1. The van der Waals surface area contributed by atoms with Crippen molar-refractivity contribution in [1.29, 1.82) is 0 Å². The van der Waals surface area contributed by atoms with Gasteiger partial charge < -0.3 is 19.6 Å². The van der Waals surface area contributed by atoms with Crippen LogP contribution in [0.25, 0.3) is 0 Å². The zero-order valence-corrected chi connectivity index (χ0v) is 13.4. The number of methoxy groups -OCH3 is 1. The second-order valence-corrected chi connectivity index (χ2v) is 6.90. The van der Waals surface area contributed by atoms with Gasteiger partial charge in [0.25, 0.3) is 10.0 Å². The summed E-state index contributed by atoms with van der Waals surface area (Å²) in [5.74, 6) is 1.06. The van der Waals surface area contributed by atoms with E-state index in [0.717, 1.165) is 6.54 Å². The molecule has 0 aliphatic rings. The minimum absolute atomic E-state index is 0.0606. The first-order chi connectivity index (χ1) is 9.85. The molecule has 0 saturated heterocycles. The number of aliphatic hydroxyl groups is 1. The third-order valence-corrected chi connectivity index (χ3v) is 3.92.